The highest BCUT2D eigenvalue weighted by molar-refractivity contribution is 7.98. The van der Waals surface area contributed by atoms with Gasteiger partial charge in [0.15, 0.2) is 0 Å². The Morgan fingerprint density at radius 3 is 2.72 bits per heavy atom. The van der Waals surface area contributed by atoms with Crippen LogP contribution in [-0.4, -0.2) is 38.2 Å². The molecule has 6 nitrogen and oxygen atoms in total. The smallest absolute Gasteiger partial charge is 0.267 e. The third-order valence-electron chi connectivity index (χ3n) is 2.15. The van der Waals surface area contributed by atoms with E-state index in [0.717, 1.165) is 25.7 Å². The molecule has 0 saturated carbocycles. The predicted octanol–water partition coefficient (Wildman–Crippen LogP) is 1.16. The van der Waals surface area contributed by atoms with E-state index in [1.54, 1.807) is 11.8 Å². The van der Waals surface area contributed by atoms with E-state index < -0.39 is 7.82 Å². The average Bonchev–Trinajstić information content (AvgIpc) is 2.35. The van der Waals surface area contributed by atoms with Gasteiger partial charge in [-0.15, -0.1) is 0 Å². The first kappa shape index (κ1) is 17.9. The number of phosphoric acid groups is 1. The molecular formula is C10H21NO5PS-. The molecule has 1 N–H and O–H groups in total. The van der Waals surface area contributed by atoms with Crippen molar-refractivity contribution in [3.8, 4) is 0 Å². The third-order valence-corrected chi connectivity index (χ3v) is 3.71. The van der Waals surface area contributed by atoms with Crippen molar-refractivity contribution in [1.82, 2.24) is 5.32 Å². The van der Waals surface area contributed by atoms with Crippen molar-refractivity contribution in [2.24, 2.45) is 0 Å². The van der Waals surface area contributed by atoms with Crippen LogP contribution in [-0.2, 0) is 18.4 Å². The fourth-order valence-corrected chi connectivity index (χ4v) is 1.99. The summed E-state index contributed by atoms with van der Waals surface area (Å²) in [6, 6.07) is 0. The Morgan fingerprint density at radius 2 is 2.11 bits per heavy atom. The highest BCUT2D eigenvalue weighted by Gasteiger charge is 2.05. The number of rotatable bonds is 11. The van der Waals surface area contributed by atoms with Crippen molar-refractivity contribution >= 4 is 25.5 Å². The Kier molecular flexibility index (Phi) is 10.8. The first-order valence-corrected chi connectivity index (χ1v) is 8.64. The molecule has 0 aliphatic carbocycles. The Balaban J connectivity index is 3.31. The van der Waals surface area contributed by atoms with Gasteiger partial charge in [0, 0.05) is 25.8 Å². The van der Waals surface area contributed by atoms with Gasteiger partial charge in [-0.25, -0.2) is 0 Å². The molecule has 0 aromatic rings. The van der Waals surface area contributed by atoms with Gasteiger partial charge in [0.1, 0.15) is 0 Å². The number of phosphoric ester groups is 1. The molecule has 0 rings (SSSR count). The molecule has 0 aliphatic heterocycles. The molecule has 0 aliphatic rings. The molecule has 0 spiro atoms. The fourth-order valence-electron chi connectivity index (χ4n) is 1.14. The topological polar surface area (TPSA) is 87.7 Å². The first-order chi connectivity index (χ1) is 8.52. The van der Waals surface area contributed by atoms with E-state index in [0.29, 0.717) is 19.4 Å². The van der Waals surface area contributed by atoms with Crippen molar-refractivity contribution in [1.29, 1.82) is 0 Å². The van der Waals surface area contributed by atoms with Crippen molar-refractivity contribution < 1.29 is 23.3 Å². The molecule has 0 fully saturated rings. The predicted molar refractivity (Wildman–Crippen MR) is 70.4 cm³/mol. The van der Waals surface area contributed by atoms with Crippen LogP contribution in [0.25, 0.3) is 0 Å². The molecule has 8 heteroatoms. The lowest BCUT2D eigenvalue weighted by molar-refractivity contribution is -0.223. The molecule has 0 aromatic carbocycles. The number of hydrogen-bond acceptors (Lipinski definition) is 6. The Morgan fingerprint density at radius 1 is 1.39 bits per heavy atom. The summed E-state index contributed by atoms with van der Waals surface area (Å²) >= 11 is 1.64. The highest BCUT2D eigenvalue weighted by Crippen LogP contribution is 2.36. The molecular weight excluding hydrogens is 277 g/mol. The molecule has 0 radical (unpaired) electrons. The summed E-state index contributed by atoms with van der Waals surface area (Å²) < 4.78 is 19.5. The van der Waals surface area contributed by atoms with Gasteiger partial charge in [0.05, 0.1) is 6.61 Å². The summed E-state index contributed by atoms with van der Waals surface area (Å²) in [5.41, 5.74) is 0. The minimum Gasteiger partial charge on any atom is -0.756 e. The molecule has 1 atom stereocenters. The van der Waals surface area contributed by atoms with Crippen LogP contribution in [0.3, 0.4) is 0 Å². The van der Waals surface area contributed by atoms with Gasteiger partial charge >= 0.3 is 0 Å². The summed E-state index contributed by atoms with van der Waals surface area (Å²) in [6.45, 7) is 0.738. The second-order valence-electron chi connectivity index (χ2n) is 3.62. The summed E-state index contributed by atoms with van der Waals surface area (Å²) in [7, 11) is -3.01. The van der Waals surface area contributed by atoms with Crippen molar-refractivity contribution in [2.75, 3.05) is 32.3 Å². The summed E-state index contributed by atoms with van der Waals surface area (Å²) in [6.07, 6.45) is 4.73. The quantitative estimate of drug-likeness (QED) is 0.455. The van der Waals surface area contributed by atoms with Crippen molar-refractivity contribution in [2.45, 2.75) is 25.7 Å². The van der Waals surface area contributed by atoms with Gasteiger partial charge < -0.3 is 19.3 Å². The first-order valence-electron chi connectivity index (χ1n) is 5.79. The average molecular weight is 298 g/mol. The van der Waals surface area contributed by atoms with E-state index in [-0.39, 0.29) is 12.5 Å². The lowest BCUT2D eigenvalue weighted by Crippen LogP contribution is -2.24. The van der Waals surface area contributed by atoms with Crippen LogP contribution < -0.4 is 10.2 Å². The monoisotopic (exact) mass is 298 g/mol. The minimum atomic E-state index is -4.08. The number of carbonyl (C=O) groups excluding carboxylic acids is 1. The Hall–Kier alpha value is -0.0700. The molecule has 1 amide bonds. The van der Waals surface area contributed by atoms with Crippen LogP contribution in [0.1, 0.15) is 25.7 Å². The third kappa shape index (κ3) is 11.0. The Labute approximate surface area is 112 Å². The van der Waals surface area contributed by atoms with E-state index in [4.69, 9.17) is 0 Å². The largest absolute Gasteiger partial charge is 0.756 e. The molecule has 0 saturated heterocycles. The number of hydrogen-bond donors (Lipinski definition) is 1. The Bertz CT molecular complexity index is 277. The van der Waals surface area contributed by atoms with Crippen molar-refractivity contribution in [3.63, 3.8) is 0 Å². The molecule has 1 unspecified atom stereocenters. The van der Waals surface area contributed by atoms with E-state index in [9.17, 15) is 14.3 Å². The molecule has 0 heterocycles. The zero-order valence-electron chi connectivity index (χ0n) is 10.8. The van der Waals surface area contributed by atoms with Gasteiger partial charge in [0.2, 0.25) is 5.91 Å². The van der Waals surface area contributed by atoms with E-state index in [2.05, 4.69) is 14.4 Å². The zero-order valence-corrected chi connectivity index (χ0v) is 12.6. The van der Waals surface area contributed by atoms with Gasteiger partial charge in [-0.2, -0.15) is 11.8 Å². The van der Waals surface area contributed by atoms with E-state index >= 15 is 0 Å². The van der Waals surface area contributed by atoms with Crippen LogP contribution in [0.4, 0.5) is 0 Å². The maximum absolute atomic E-state index is 11.2. The minimum absolute atomic E-state index is 0.0593. The summed E-state index contributed by atoms with van der Waals surface area (Å²) in [5, 5.41) is 2.80. The second-order valence-corrected chi connectivity index (χ2v) is 6.12. The molecule has 0 bridgehead atoms. The van der Waals surface area contributed by atoms with Crippen LogP contribution >= 0.6 is 19.6 Å². The van der Waals surface area contributed by atoms with E-state index in [1.165, 1.54) is 0 Å². The molecule has 0 aromatic heterocycles. The van der Waals surface area contributed by atoms with Crippen LogP contribution in [0.2, 0.25) is 0 Å². The van der Waals surface area contributed by atoms with Crippen LogP contribution in [0.5, 0.6) is 0 Å². The second kappa shape index (κ2) is 10.8. The highest BCUT2D eigenvalue weighted by atomic mass is 32.2. The van der Waals surface area contributed by atoms with Crippen LogP contribution in [0, 0.1) is 0 Å². The number of carbonyl (C=O) groups is 1. The number of unbranched alkanes of at least 4 members (excludes halogenated alkanes) is 2. The van der Waals surface area contributed by atoms with Gasteiger partial charge in [-0.05, 0) is 25.5 Å². The van der Waals surface area contributed by atoms with Gasteiger partial charge in [-0.1, -0.05) is 0 Å². The van der Waals surface area contributed by atoms with Gasteiger partial charge in [0.25, 0.3) is 7.82 Å². The normalized spacial score (nSPS) is 14.2. The fraction of sp³-hybridized carbons (Fsp3) is 0.900. The van der Waals surface area contributed by atoms with Crippen molar-refractivity contribution in [3.05, 3.63) is 0 Å². The number of amides is 1. The lowest BCUT2D eigenvalue weighted by Gasteiger charge is -2.19. The zero-order chi connectivity index (χ0) is 13.9. The number of thioether (sulfide) groups is 1. The standard InChI is InChI=1S/C10H22NO5PS/c1-15-17(13,14)16-8-5-3-4-7-11-10(12)6-9-18-2/h3-9H2,1-2H3,(H,11,12)(H,13,14)/p-1. The lowest BCUT2D eigenvalue weighted by atomic mass is 10.2. The number of nitrogens with one attached hydrogen (secondary N) is 1. The summed E-state index contributed by atoms with van der Waals surface area (Å²) in [5.74, 6) is 0.888. The van der Waals surface area contributed by atoms with Crippen LogP contribution in [0.15, 0.2) is 0 Å². The molecule has 108 valence electrons. The van der Waals surface area contributed by atoms with E-state index in [1.807, 2.05) is 6.26 Å². The summed E-state index contributed by atoms with van der Waals surface area (Å²) in [4.78, 5) is 22.0. The molecule has 18 heavy (non-hydrogen) atoms. The maximum Gasteiger partial charge on any atom is 0.267 e. The van der Waals surface area contributed by atoms with Gasteiger partial charge in [-0.3, -0.25) is 9.36 Å². The maximum atomic E-state index is 11.2. The SMILES string of the molecule is COP(=O)([O-])OCCCCCNC(=O)CCSC.